The number of nitrogen functional groups attached to an aromatic ring is 1. The van der Waals surface area contributed by atoms with E-state index in [2.05, 4.69) is 0 Å². The van der Waals surface area contributed by atoms with E-state index in [1.165, 1.54) is 6.07 Å². The van der Waals surface area contributed by atoms with E-state index >= 15 is 0 Å². The van der Waals surface area contributed by atoms with E-state index in [9.17, 15) is 9.18 Å². The molecule has 0 fully saturated rings. The third-order valence-electron chi connectivity index (χ3n) is 3.21. The molecule has 0 saturated heterocycles. The summed E-state index contributed by atoms with van der Waals surface area (Å²) in [5.74, 6) is -0.293. The minimum Gasteiger partial charge on any atom is -0.397 e. The van der Waals surface area contributed by atoms with E-state index in [-0.39, 0.29) is 18.3 Å². The zero-order chi connectivity index (χ0) is 14.6. The van der Waals surface area contributed by atoms with Crippen LogP contribution in [-0.2, 0) is 4.79 Å². The van der Waals surface area contributed by atoms with Crippen LogP contribution in [0, 0.1) is 12.7 Å². The van der Waals surface area contributed by atoms with Gasteiger partial charge in [-0.3, -0.25) is 4.79 Å². The summed E-state index contributed by atoms with van der Waals surface area (Å²) < 4.78 is 13.3. The molecule has 0 unspecified atom stereocenters. The molecule has 0 saturated carbocycles. The Balaban J connectivity index is 2.86. The Morgan fingerprint density at radius 1 is 1.32 bits per heavy atom. The zero-order valence-electron chi connectivity index (χ0n) is 12.0. The molecular formula is C14H22FN3O. The van der Waals surface area contributed by atoms with Gasteiger partial charge in [-0.1, -0.05) is 0 Å². The van der Waals surface area contributed by atoms with Crippen molar-refractivity contribution in [3.05, 3.63) is 23.5 Å². The van der Waals surface area contributed by atoms with Crippen molar-refractivity contribution in [1.29, 1.82) is 0 Å². The normalized spacial score (nSPS) is 10.4. The summed E-state index contributed by atoms with van der Waals surface area (Å²) in [6.07, 6.45) is 0. The summed E-state index contributed by atoms with van der Waals surface area (Å²) in [5.41, 5.74) is 7.35. The van der Waals surface area contributed by atoms with Crippen molar-refractivity contribution >= 4 is 17.3 Å². The first kappa shape index (κ1) is 15.3. The summed E-state index contributed by atoms with van der Waals surface area (Å²) in [4.78, 5) is 15.5. The van der Waals surface area contributed by atoms with E-state index < -0.39 is 0 Å². The van der Waals surface area contributed by atoms with Crippen molar-refractivity contribution in [2.24, 2.45) is 0 Å². The number of carbonyl (C=O) groups excluding carboxylic acids is 1. The fraction of sp³-hybridized carbons (Fsp3) is 0.500. The van der Waals surface area contributed by atoms with E-state index in [1.54, 1.807) is 29.8 Å². The van der Waals surface area contributed by atoms with Crippen molar-refractivity contribution in [1.82, 2.24) is 4.90 Å². The summed E-state index contributed by atoms with van der Waals surface area (Å²) in [7, 11) is 1.78. The van der Waals surface area contributed by atoms with Gasteiger partial charge in [0.25, 0.3) is 0 Å². The number of amides is 1. The third kappa shape index (κ3) is 3.59. The summed E-state index contributed by atoms with van der Waals surface area (Å²) >= 11 is 0. The minimum atomic E-state index is -0.329. The van der Waals surface area contributed by atoms with Crippen LogP contribution in [0.15, 0.2) is 12.1 Å². The lowest BCUT2D eigenvalue weighted by Crippen LogP contribution is -2.39. The maximum absolute atomic E-state index is 13.3. The van der Waals surface area contributed by atoms with Crippen LogP contribution in [0.2, 0.25) is 0 Å². The zero-order valence-corrected chi connectivity index (χ0v) is 12.0. The molecule has 0 aliphatic heterocycles. The number of anilines is 2. The van der Waals surface area contributed by atoms with Gasteiger partial charge >= 0.3 is 0 Å². The predicted molar refractivity (Wildman–Crippen MR) is 76.7 cm³/mol. The second-order valence-corrected chi connectivity index (χ2v) is 4.58. The maximum Gasteiger partial charge on any atom is 0.242 e. The molecule has 106 valence electrons. The third-order valence-corrected chi connectivity index (χ3v) is 3.21. The molecule has 1 amide bonds. The van der Waals surface area contributed by atoms with Gasteiger partial charge in [0.1, 0.15) is 5.82 Å². The molecule has 0 atom stereocenters. The highest BCUT2D eigenvalue weighted by Gasteiger charge is 2.15. The van der Waals surface area contributed by atoms with Gasteiger partial charge in [-0.05, 0) is 38.5 Å². The minimum absolute atomic E-state index is 0.0360. The highest BCUT2D eigenvalue weighted by Crippen LogP contribution is 2.25. The van der Waals surface area contributed by atoms with Crippen molar-refractivity contribution in [2.45, 2.75) is 20.8 Å². The topological polar surface area (TPSA) is 49.6 Å². The Morgan fingerprint density at radius 2 is 1.89 bits per heavy atom. The number of halogens is 1. The number of rotatable bonds is 5. The highest BCUT2D eigenvalue weighted by atomic mass is 19.1. The van der Waals surface area contributed by atoms with E-state index in [1.807, 2.05) is 13.8 Å². The van der Waals surface area contributed by atoms with Gasteiger partial charge in [0.15, 0.2) is 0 Å². The highest BCUT2D eigenvalue weighted by molar-refractivity contribution is 5.83. The first-order chi connectivity index (χ1) is 8.90. The molecule has 1 aromatic rings. The van der Waals surface area contributed by atoms with E-state index in [0.29, 0.717) is 30.0 Å². The van der Waals surface area contributed by atoms with Crippen LogP contribution in [0.3, 0.4) is 0 Å². The Kier molecular flexibility index (Phi) is 5.15. The average molecular weight is 267 g/mol. The van der Waals surface area contributed by atoms with E-state index in [0.717, 1.165) is 0 Å². The van der Waals surface area contributed by atoms with Gasteiger partial charge < -0.3 is 15.5 Å². The first-order valence-electron chi connectivity index (χ1n) is 6.45. The maximum atomic E-state index is 13.3. The molecule has 1 rings (SSSR count). The van der Waals surface area contributed by atoms with Gasteiger partial charge in [-0.2, -0.15) is 0 Å². The SMILES string of the molecule is CCN(CC)C(=O)CN(C)c1cc(C)c(F)cc1N. The Bertz CT molecular complexity index is 458. The molecule has 0 heterocycles. The molecular weight excluding hydrogens is 245 g/mol. The lowest BCUT2D eigenvalue weighted by molar-refractivity contribution is -0.129. The van der Waals surface area contributed by atoms with Crippen LogP contribution < -0.4 is 10.6 Å². The fourth-order valence-electron chi connectivity index (χ4n) is 1.98. The van der Waals surface area contributed by atoms with Crippen molar-refractivity contribution in [3.8, 4) is 0 Å². The number of likely N-dealkylation sites (N-methyl/N-ethyl adjacent to an activating group) is 2. The van der Waals surface area contributed by atoms with Gasteiger partial charge in [0.05, 0.1) is 17.9 Å². The smallest absolute Gasteiger partial charge is 0.242 e. The number of aryl methyl sites for hydroxylation is 1. The van der Waals surface area contributed by atoms with Crippen molar-refractivity contribution < 1.29 is 9.18 Å². The van der Waals surface area contributed by atoms with Crippen LogP contribution in [0.25, 0.3) is 0 Å². The molecule has 0 aliphatic rings. The van der Waals surface area contributed by atoms with Crippen molar-refractivity contribution in [2.75, 3.05) is 37.3 Å². The Labute approximate surface area is 114 Å². The number of hydrogen-bond donors (Lipinski definition) is 1. The summed E-state index contributed by atoms with van der Waals surface area (Å²) in [6.45, 7) is 7.16. The van der Waals surface area contributed by atoms with E-state index in [4.69, 9.17) is 5.73 Å². The number of nitrogens with two attached hydrogens (primary N) is 1. The van der Waals surface area contributed by atoms with Gasteiger partial charge in [0, 0.05) is 20.1 Å². The molecule has 0 aliphatic carbocycles. The molecule has 19 heavy (non-hydrogen) atoms. The Morgan fingerprint density at radius 3 is 2.42 bits per heavy atom. The van der Waals surface area contributed by atoms with Crippen LogP contribution in [0.1, 0.15) is 19.4 Å². The van der Waals surface area contributed by atoms with Crippen LogP contribution in [0.5, 0.6) is 0 Å². The van der Waals surface area contributed by atoms with Crippen LogP contribution in [0.4, 0.5) is 15.8 Å². The molecule has 0 bridgehead atoms. The molecule has 0 spiro atoms. The van der Waals surface area contributed by atoms with Crippen LogP contribution in [-0.4, -0.2) is 37.5 Å². The monoisotopic (exact) mass is 267 g/mol. The second kappa shape index (κ2) is 6.41. The molecule has 2 N–H and O–H groups in total. The molecule has 5 heteroatoms. The molecule has 4 nitrogen and oxygen atoms in total. The number of carbonyl (C=O) groups is 1. The quantitative estimate of drug-likeness (QED) is 0.830. The standard InChI is InChI=1S/C14H22FN3O/c1-5-18(6-2)14(19)9-17(4)13-7-10(3)11(15)8-12(13)16/h7-8H,5-6,9,16H2,1-4H3. The van der Waals surface area contributed by atoms with Gasteiger partial charge in [-0.25, -0.2) is 4.39 Å². The summed E-state index contributed by atoms with van der Waals surface area (Å²) in [6, 6.07) is 2.96. The lowest BCUT2D eigenvalue weighted by Gasteiger charge is -2.25. The average Bonchev–Trinajstić information content (AvgIpc) is 2.35. The van der Waals surface area contributed by atoms with Gasteiger partial charge in [0.2, 0.25) is 5.91 Å². The largest absolute Gasteiger partial charge is 0.397 e. The number of benzene rings is 1. The lowest BCUT2D eigenvalue weighted by atomic mass is 10.1. The van der Waals surface area contributed by atoms with Crippen LogP contribution >= 0.6 is 0 Å². The molecule has 1 aromatic carbocycles. The van der Waals surface area contributed by atoms with Crippen molar-refractivity contribution in [3.63, 3.8) is 0 Å². The summed E-state index contributed by atoms with van der Waals surface area (Å²) in [5, 5.41) is 0. The number of hydrogen-bond acceptors (Lipinski definition) is 3. The second-order valence-electron chi connectivity index (χ2n) is 4.58. The fourth-order valence-corrected chi connectivity index (χ4v) is 1.98. The first-order valence-corrected chi connectivity index (χ1v) is 6.45. The molecule has 0 aromatic heterocycles. The predicted octanol–water partition coefficient (Wildman–Crippen LogP) is 2.02. The number of nitrogens with zero attached hydrogens (tertiary/aromatic N) is 2. The van der Waals surface area contributed by atoms with Gasteiger partial charge in [-0.15, -0.1) is 0 Å². The Hall–Kier alpha value is -1.78. The molecule has 0 radical (unpaired) electrons.